The molecule has 0 saturated heterocycles. The number of hydrogen-bond acceptors (Lipinski definition) is 5. The van der Waals surface area contributed by atoms with Gasteiger partial charge in [0.2, 0.25) is 0 Å². The highest BCUT2D eigenvalue weighted by Gasteiger charge is 2.22. The van der Waals surface area contributed by atoms with Gasteiger partial charge in [-0.15, -0.1) is 0 Å². The van der Waals surface area contributed by atoms with Crippen LogP contribution in [0.5, 0.6) is 5.75 Å². The molecule has 1 aromatic carbocycles. The lowest BCUT2D eigenvalue weighted by atomic mass is 9.92. The van der Waals surface area contributed by atoms with Crippen molar-refractivity contribution < 1.29 is 28.2 Å². The van der Waals surface area contributed by atoms with E-state index < -0.39 is 23.7 Å². The van der Waals surface area contributed by atoms with E-state index >= 15 is 0 Å². The maximum atomic E-state index is 13.6. The van der Waals surface area contributed by atoms with Gasteiger partial charge in [0.05, 0.1) is 33.2 Å². The highest BCUT2D eigenvalue weighted by Crippen LogP contribution is 2.28. The van der Waals surface area contributed by atoms with Gasteiger partial charge < -0.3 is 14.2 Å². The quantitative estimate of drug-likeness (QED) is 0.691. The van der Waals surface area contributed by atoms with E-state index in [1.807, 2.05) is 0 Å². The number of methoxy groups -OCH3 is 1. The molecule has 0 aliphatic rings. The van der Waals surface area contributed by atoms with Crippen LogP contribution in [0.1, 0.15) is 38.2 Å². The first-order valence-electron chi connectivity index (χ1n) is 7.15. The zero-order chi connectivity index (χ0) is 16.5. The molecule has 0 amide bonds. The van der Waals surface area contributed by atoms with Crippen LogP contribution >= 0.6 is 0 Å². The Hall–Kier alpha value is -2.11. The molecule has 6 heteroatoms. The van der Waals surface area contributed by atoms with E-state index in [0.29, 0.717) is 11.3 Å². The van der Waals surface area contributed by atoms with Crippen LogP contribution in [0.25, 0.3) is 0 Å². The molecule has 1 aromatic rings. The van der Waals surface area contributed by atoms with Gasteiger partial charge in [-0.3, -0.25) is 9.59 Å². The summed E-state index contributed by atoms with van der Waals surface area (Å²) in [6.07, 6.45) is -0.0570. The summed E-state index contributed by atoms with van der Waals surface area (Å²) in [6.45, 7) is 3.89. The zero-order valence-electron chi connectivity index (χ0n) is 13.1. The van der Waals surface area contributed by atoms with E-state index in [4.69, 9.17) is 14.2 Å². The van der Waals surface area contributed by atoms with Crippen LogP contribution in [-0.4, -0.2) is 32.3 Å². The number of rotatable bonds is 8. The molecule has 0 fully saturated rings. The van der Waals surface area contributed by atoms with Crippen LogP contribution in [0.3, 0.4) is 0 Å². The van der Waals surface area contributed by atoms with Crippen LogP contribution in [-0.2, 0) is 19.1 Å². The standard InChI is InChI=1S/C16H21FO5/c1-4-21-15(18)8-12(9-16(19)22-5-2)11-6-13(17)10-14(7-11)20-3/h6-7,10,12H,4-5,8-9H2,1-3H3. The SMILES string of the molecule is CCOC(=O)CC(CC(=O)OCC)c1cc(F)cc(OC)c1. The van der Waals surface area contributed by atoms with Crippen molar-refractivity contribution in [1.82, 2.24) is 0 Å². The summed E-state index contributed by atoms with van der Waals surface area (Å²) in [7, 11) is 1.42. The molecule has 0 aliphatic heterocycles. The Labute approximate surface area is 129 Å². The van der Waals surface area contributed by atoms with Gasteiger partial charge in [0.1, 0.15) is 11.6 Å². The summed E-state index contributed by atoms with van der Waals surface area (Å²) in [5.74, 6) is -1.58. The van der Waals surface area contributed by atoms with Crippen molar-refractivity contribution in [2.24, 2.45) is 0 Å². The average molecular weight is 312 g/mol. The largest absolute Gasteiger partial charge is 0.497 e. The molecule has 0 aliphatic carbocycles. The molecular formula is C16H21FO5. The van der Waals surface area contributed by atoms with Crippen LogP contribution in [0, 0.1) is 5.82 Å². The molecular weight excluding hydrogens is 291 g/mol. The lowest BCUT2D eigenvalue weighted by Gasteiger charge is -2.17. The molecule has 0 radical (unpaired) electrons. The molecule has 122 valence electrons. The maximum absolute atomic E-state index is 13.6. The van der Waals surface area contributed by atoms with Crippen molar-refractivity contribution in [2.45, 2.75) is 32.6 Å². The van der Waals surface area contributed by atoms with Crippen molar-refractivity contribution >= 4 is 11.9 Å². The van der Waals surface area contributed by atoms with E-state index in [-0.39, 0.29) is 26.1 Å². The average Bonchev–Trinajstić information content (AvgIpc) is 2.46. The molecule has 0 aromatic heterocycles. The van der Waals surface area contributed by atoms with E-state index in [1.165, 1.54) is 19.2 Å². The molecule has 0 spiro atoms. The molecule has 0 N–H and O–H groups in total. The first kappa shape index (κ1) is 17.9. The first-order valence-corrected chi connectivity index (χ1v) is 7.15. The fourth-order valence-electron chi connectivity index (χ4n) is 2.09. The highest BCUT2D eigenvalue weighted by molar-refractivity contribution is 5.74. The van der Waals surface area contributed by atoms with Crippen molar-refractivity contribution in [1.29, 1.82) is 0 Å². The van der Waals surface area contributed by atoms with E-state index in [2.05, 4.69) is 0 Å². The third kappa shape index (κ3) is 5.71. The number of benzene rings is 1. The highest BCUT2D eigenvalue weighted by atomic mass is 19.1. The minimum Gasteiger partial charge on any atom is -0.497 e. The number of esters is 2. The second kappa shape index (κ2) is 9.02. The van der Waals surface area contributed by atoms with Crippen molar-refractivity contribution in [3.63, 3.8) is 0 Å². The van der Waals surface area contributed by atoms with E-state index in [1.54, 1.807) is 19.9 Å². The summed E-state index contributed by atoms with van der Waals surface area (Å²) in [6, 6.07) is 4.12. The van der Waals surface area contributed by atoms with Gasteiger partial charge in [-0.2, -0.15) is 0 Å². The second-order valence-corrected chi connectivity index (χ2v) is 4.64. The zero-order valence-corrected chi connectivity index (χ0v) is 13.1. The minimum absolute atomic E-state index is 0.0285. The molecule has 22 heavy (non-hydrogen) atoms. The topological polar surface area (TPSA) is 61.8 Å². The van der Waals surface area contributed by atoms with Crippen LogP contribution < -0.4 is 4.74 Å². The third-order valence-corrected chi connectivity index (χ3v) is 3.04. The van der Waals surface area contributed by atoms with E-state index in [0.717, 1.165) is 0 Å². The Balaban J connectivity index is 2.99. The van der Waals surface area contributed by atoms with Gasteiger partial charge >= 0.3 is 11.9 Å². The minimum atomic E-state index is -0.525. The molecule has 0 atom stereocenters. The van der Waals surface area contributed by atoms with Crippen LogP contribution in [0.15, 0.2) is 18.2 Å². The van der Waals surface area contributed by atoms with Crippen LogP contribution in [0.2, 0.25) is 0 Å². The fourth-order valence-corrected chi connectivity index (χ4v) is 2.09. The monoisotopic (exact) mass is 312 g/mol. The Morgan fingerprint density at radius 1 is 1.05 bits per heavy atom. The summed E-state index contributed by atoms with van der Waals surface area (Å²) in [4.78, 5) is 23.4. The second-order valence-electron chi connectivity index (χ2n) is 4.64. The summed E-state index contributed by atoms with van der Waals surface area (Å²) >= 11 is 0. The van der Waals surface area contributed by atoms with Crippen molar-refractivity contribution in [3.8, 4) is 5.75 Å². The predicted octanol–water partition coefficient (Wildman–Crippen LogP) is 2.82. The van der Waals surface area contributed by atoms with Gasteiger partial charge in [-0.05, 0) is 31.5 Å². The van der Waals surface area contributed by atoms with Gasteiger partial charge in [-0.25, -0.2) is 4.39 Å². The Bertz CT molecular complexity index is 495. The Kier molecular flexibility index (Phi) is 7.36. The smallest absolute Gasteiger partial charge is 0.306 e. The van der Waals surface area contributed by atoms with Crippen molar-refractivity contribution in [2.75, 3.05) is 20.3 Å². The number of ether oxygens (including phenoxy) is 3. The van der Waals surface area contributed by atoms with Gasteiger partial charge in [0.25, 0.3) is 0 Å². The van der Waals surface area contributed by atoms with Crippen molar-refractivity contribution in [3.05, 3.63) is 29.6 Å². The van der Waals surface area contributed by atoms with Gasteiger partial charge in [-0.1, -0.05) is 0 Å². The van der Waals surface area contributed by atoms with Crippen LogP contribution in [0.4, 0.5) is 4.39 Å². The molecule has 0 heterocycles. The predicted molar refractivity (Wildman–Crippen MR) is 78.2 cm³/mol. The number of hydrogen-bond donors (Lipinski definition) is 0. The normalized spacial score (nSPS) is 10.4. The molecule has 0 bridgehead atoms. The Morgan fingerprint density at radius 2 is 1.59 bits per heavy atom. The Morgan fingerprint density at radius 3 is 2.05 bits per heavy atom. The molecule has 1 rings (SSSR count). The van der Waals surface area contributed by atoms with E-state index in [9.17, 15) is 14.0 Å². The molecule has 0 saturated carbocycles. The third-order valence-electron chi connectivity index (χ3n) is 3.04. The summed E-state index contributed by atoms with van der Waals surface area (Å²) in [5, 5.41) is 0. The van der Waals surface area contributed by atoms with Gasteiger partial charge in [0, 0.05) is 12.0 Å². The maximum Gasteiger partial charge on any atom is 0.306 e. The number of carbonyl (C=O) groups is 2. The summed E-state index contributed by atoms with van der Waals surface area (Å²) < 4.78 is 28.5. The summed E-state index contributed by atoms with van der Waals surface area (Å²) in [5.41, 5.74) is 0.498. The first-order chi connectivity index (χ1) is 10.5. The molecule has 0 unspecified atom stereocenters. The lowest BCUT2D eigenvalue weighted by Crippen LogP contribution is -2.16. The van der Waals surface area contributed by atoms with Gasteiger partial charge in [0.15, 0.2) is 0 Å². The lowest BCUT2D eigenvalue weighted by molar-refractivity contribution is -0.145. The number of halogens is 1. The fraction of sp³-hybridized carbons (Fsp3) is 0.500. The molecule has 5 nitrogen and oxygen atoms in total. The number of carbonyl (C=O) groups excluding carboxylic acids is 2.